The number of rotatable bonds is 4. The maximum Gasteiger partial charge on any atom is 0.139 e. The second kappa shape index (κ2) is 7.63. The smallest absolute Gasteiger partial charge is 0.139 e. The molecule has 1 heterocycles. The normalized spacial score (nSPS) is 9.86. The number of hydrogen-bond acceptors (Lipinski definition) is 3. The largest absolute Gasteiger partial charge is 0.487 e. The fourth-order valence-corrected chi connectivity index (χ4v) is 1.75. The van der Waals surface area contributed by atoms with Gasteiger partial charge in [0, 0.05) is 28.8 Å². The summed E-state index contributed by atoms with van der Waals surface area (Å²) in [4.78, 5) is 4.01. The summed E-state index contributed by atoms with van der Waals surface area (Å²) in [6.07, 6.45) is 3.53. The molecule has 0 unspecified atom stereocenters. The summed E-state index contributed by atoms with van der Waals surface area (Å²) in [6, 6.07) is 6.15. The van der Waals surface area contributed by atoms with Gasteiger partial charge in [-0.3, -0.25) is 4.98 Å². The van der Waals surface area contributed by atoms with Crippen molar-refractivity contribution in [2.45, 2.75) is 13.0 Å². The van der Waals surface area contributed by atoms with Gasteiger partial charge in [0.2, 0.25) is 0 Å². The lowest BCUT2D eigenvalue weighted by Gasteiger charge is -2.07. The van der Waals surface area contributed by atoms with Crippen molar-refractivity contribution in [3.8, 4) is 17.6 Å². The second-order valence-electron chi connectivity index (χ2n) is 4.21. The molecular formula is C16H13ClFNO2. The highest BCUT2D eigenvalue weighted by Crippen LogP contribution is 2.17. The van der Waals surface area contributed by atoms with E-state index in [4.69, 9.17) is 21.4 Å². The third kappa shape index (κ3) is 4.75. The minimum Gasteiger partial charge on any atom is -0.487 e. The van der Waals surface area contributed by atoms with E-state index in [0.29, 0.717) is 28.3 Å². The quantitative estimate of drug-likeness (QED) is 0.882. The predicted molar refractivity (Wildman–Crippen MR) is 78.6 cm³/mol. The van der Waals surface area contributed by atoms with Crippen LogP contribution in [0.3, 0.4) is 0 Å². The lowest BCUT2D eigenvalue weighted by molar-refractivity contribution is 0.298. The Morgan fingerprint density at radius 1 is 1.29 bits per heavy atom. The number of benzene rings is 1. The minimum atomic E-state index is -0.408. The number of ether oxygens (including phenoxy) is 1. The molecule has 0 aliphatic carbocycles. The summed E-state index contributed by atoms with van der Waals surface area (Å²) < 4.78 is 19.1. The van der Waals surface area contributed by atoms with E-state index in [2.05, 4.69) is 16.8 Å². The van der Waals surface area contributed by atoms with Crippen LogP contribution >= 0.6 is 11.6 Å². The lowest BCUT2D eigenvalue weighted by atomic mass is 10.2. The number of hydrogen-bond donors (Lipinski definition) is 1. The lowest BCUT2D eigenvalue weighted by Crippen LogP contribution is -1.99. The van der Waals surface area contributed by atoms with Crippen LogP contribution in [0, 0.1) is 17.7 Å². The van der Waals surface area contributed by atoms with Crippen molar-refractivity contribution in [1.82, 2.24) is 4.98 Å². The topological polar surface area (TPSA) is 42.4 Å². The van der Waals surface area contributed by atoms with E-state index in [1.807, 2.05) is 0 Å². The van der Waals surface area contributed by atoms with Gasteiger partial charge in [-0.05, 0) is 18.2 Å². The first-order valence-corrected chi connectivity index (χ1v) is 6.68. The monoisotopic (exact) mass is 305 g/mol. The zero-order valence-corrected chi connectivity index (χ0v) is 11.9. The highest BCUT2D eigenvalue weighted by atomic mass is 35.5. The van der Waals surface area contributed by atoms with Gasteiger partial charge in [0.25, 0.3) is 0 Å². The van der Waals surface area contributed by atoms with Gasteiger partial charge >= 0.3 is 0 Å². The Morgan fingerprint density at radius 3 is 2.90 bits per heavy atom. The molecule has 3 nitrogen and oxygen atoms in total. The second-order valence-corrected chi connectivity index (χ2v) is 4.65. The van der Waals surface area contributed by atoms with Crippen LogP contribution < -0.4 is 4.74 Å². The highest BCUT2D eigenvalue weighted by molar-refractivity contribution is 6.30. The Morgan fingerprint density at radius 2 is 2.14 bits per heavy atom. The van der Waals surface area contributed by atoms with Gasteiger partial charge in [0.1, 0.15) is 18.2 Å². The Balaban J connectivity index is 2.03. The zero-order valence-electron chi connectivity index (χ0n) is 11.1. The molecule has 0 fully saturated rings. The van der Waals surface area contributed by atoms with E-state index >= 15 is 0 Å². The SMILES string of the molecule is OCCC#Cc1cncc(OCc2ccc(Cl)cc2F)c1. The molecular weight excluding hydrogens is 293 g/mol. The molecule has 1 aromatic heterocycles. The molecule has 0 atom stereocenters. The summed E-state index contributed by atoms with van der Waals surface area (Å²) >= 11 is 5.69. The third-order valence-corrected chi connectivity index (χ3v) is 2.83. The van der Waals surface area contributed by atoms with Crippen LogP contribution in [0.2, 0.25) is 5.02 Å². The molecule has 108 valence electrons. The molecule has 0 amide bonds. The zero-order chi connectivity index (χ0) is 15.1. The molecule has 0 saturated carbocycles. The van der Waals surface area contributed by atoms with E-state index in [-0.39, 0.29) is 13.2 Å². The van der Waals surface area contributed by atoms with Gasteiger partial charge in [-0.1, -0.05) is 29.5 Å². The van der Waals surface area contributed by atoms with Gasteiger partial charge in [0.15, 0.2) is 0 Å². The van der Waals surface area contributed by atoms with E-state index in [1.54, 1.807) is 24.4 Å². The van der Waals surface area contributed by atoms with Crippen LogP contribution in [-0.4, -0.2) is 16.7 Å². The van der Waals surface area contributed by atoms with Gasteiger partial charge in [-0.15, -0.1) is 0 Å². The molecule has 0 aliphatic rings. The van der Waals surface area contributed by atoms with Crippen molar-refractivity contribution in [2.75, 3.05) is 6.61 Å². The molecule has 0 spiro atoms. The van der Waals surface area contributed by atoms with Crippen LogP contribution in [0.15, 0.2) is 36.7 Å². The Kier molecular flexibility index (Phi) is 5.56. The molecule has 1 N–H and O–H groups in total. The van der Waals surface area contributed by atoms with Gasteiger partial charge in [0.05, 0.1) is 12.8 Å². The van der Waals surface area contributed by atoms with Crippen molar-refractivity contribution in [1.29, 1.82) is 0 Å². The molecule has 0 aliphatic heterocycles. The van der Waals surface area contributed by atoms with Gasteiger partial charge in [-0.25, -0.2) is 4.39 Å². The first-order valence-electron chi connectivity index (χ1n) is 6.30. The van der Waals surface area contributed by atoms with Crippen molar-refractivity contribution in [3.63, 3.8) is 0 Å². The van der Waals surface area contributed by atoms with Crippen LogP contribution in [0.4, 0.5) is 4.39 Å². The van der Waals surface area contributed by atoms with Crippen LogP contribution in [0.25, 0.3) is 0 Å². The summed E-state index contributed by atoms with van der Waals surface area (Å²) in [5.41, 5.74) is 1.09. The summed E-state index contributed by atoms with van der Waals surface area (Å²) in [5, 5.41) is 9.01. The fourth-order valence-electron chi connectivity index (χ4n) is 1.59. The van der Waals surface area contributed by atoms with E-state index in [0.717, 1.165) is 0 Å². The Bertz CT molecular complexity index is 679. The number of pyridine rings is 1. The first kappa shape index (κ1) is 15.3. The molecule has 0 bridgehead atoms. The molecule has 5 heteroatoms. The average Bonchev–Trinajstić information content (AvgIpc) is 2.47. The molecule has 21 heavy (non-hydrogen) atoms. The first-order chi connectivity index (χ1) is 10.2. The standard InChI is InChI=1S/C16H13ClFNO2/c17-14-5-4-13(16(18)8-14)11-21-15-7-12(9-19-10-15)3-1-2-6-20/h4-5,7-10,20H,2,6,11H2. The molecule has 2 aromatic rings. The molecule has 2 rings (SSSR count). The maximum absolute atomic E-state index is 13.6. The van der Waals surface area contributed by atoms with Crippen molar-refractivity contribution in [2.24, 2.45) is 0 Å². The summed E-state index contributed by atoms with van der Waals surface area (Å²) in [6.45, 7) is 0.102. The molecule has 0 radical (unpaired) electrons. The number of aliphatic hydroxyl groups is 1. The van der Waals surface area contributed by atoms with E-state index in [9.17, 15) is 4.39 Å². The van der Waals surface area contributed by atoms with E-state index < -0.39 is 5.82 Å². The van der Waals surface area contributed by atoms with E-state index in [1.165, 1.54) is 12.3 Å². The summed E-state index contributed by atoms with van der Waals surface area (Å²) in [5.74, 6) is 5.75. The fraction of sp³-hybridized carbons (Fsp3) is 0.188. The van der Waals surface area contributed by atoms with Crippen molar-refractivity contribution < 1.29 is 14.2 Å². The number of aromatic nitrogens is 1. The third-order valence-electron chi connectivity index (χ3n) is 2.59. The van der Waals surface area contributed by atoms with Crippen LogP contribution in [-0.2, 0) is 6.61 Å². The molecule has 0 saturated heterocycles. The maximum atomic E-state index is 13.6. The van der Waals surface area contributed by atoms with Crippen molar-refractivity contribution >= 4 is 11.6 Å². The van der Waals surface area contributed by atoms with Gasteiger partial charge < -0.3 is 9.84 Å². The number of halogens is 2. The minimum absolute atomic E-state index is 0.0203. The number of nitrogens with zero attached hydrogens (tertiary/aromatic N) is 1. The number of aliphatic hydroxyl groups excluding tert-OH is 1. The van der Waals surface area contributed by atoms with Crippen LogP contribution in [0.1, 0.15) is 17.5 Å². The predicted octanol–water partition coefficient (Wildman–Crippen LogP) is 3.19. The van der Waals surface area contributed by atoms with Crippen LogP contribution in [0.5, 0.6) is 5.75 Å². The Hall–Kier alpha value is -2.09. The highest BCUT2D eigenvalue weighted by Gasteiger charge is 2.04. The Labute approximate surface area is 127 Å². The summed E-state index contributed by atoms with van der Waals surface area (Å²) in [7, 11) is 0. The molecule has 1 aromatic carbocycles. The van der Waals surface area contributed by atoms with Crippen molar-refractivity contribution in [3.05, 3.63) is 58.6 Å². The average molecular weight is 306 g/mol. The van der Waals surface area contributed by atoms with Gasteiger partial charge in [-0.2, -0.15) is 0 Å².